The highest BCUT2D eigenvalue weighted by molar-refractivity contribution is 6.02. The van der Waals surface area contributed by atoms with Crippen LogP contribution in [0.5, 0.6) is 0 Å². The number of alkyl halides is 3. The molecule has 1 saturated heterocycles. The van der Waals surface area contributed by atoms with Crippen LogP contribution in [0.1, 0.15) is 50.2 Å². The third kappa shape index (κ3) is 4.45. The molecule has 2 atom stereocenters. The Bertz CT molecular complexity index is 1170. The van der Waals surface area contributed by atoms with Crippen LogP contribution in [-0.2, 0) is 9.59 Å². The number of hydrogen-bond donors (Lipinski definition) is 2. The van der Waals surface area contributed by atoms with Gasteiger partial charge in [-0.15, -0.1) is 0 Å². The van der Waals surface area contributed by atoms with E-state index >= 15 is 0 Å². The summed E-state index contributed by atoms with van der Waals surface area (Å²) in [6, 6.07) is 4.45. The third-order valence-corrected chi connectivity index (χ3v) is 5.99. The first-order valence-corrected chi connectivity index (χ1v) is 10.8. The van der Waals surface area contributed by atoms with E-state index in [0.29, 0.717) is 6.42 Å². The summed E-state index contributed by atoms with van der Waals surface area (Å²) >= 11 is 0. The SMILES string of the molecule is Cc1noc(C)c1C(=O)NC[C@H](C(=O)N[C@@H]1C(=O)N2CCCN2C(=O)c2ccccc21)C(F)(F)F. The Morgan fingerprint density at radius 3 is 2.51 bits per heavy atom. The zero-order valence-electron chi connectivity index (χ0n) is 18.8. The normalized spacial score (nSPS) is 18.6. The van der Waals surface area contributed by atoms with E-state index in [4.69, 9.17) is 4.52 Å². The van der Waals surface area contributed by atoms with Crippen molar-refractivity contribution in [3.05, 3.63) is 52.4 Å². The second-order valence-electron chi connectivity index (χ2n) is 8.28. The van der Waals surface area contributed by atoms with Gasteiger partial charge in [0.15, 0.2) is 5.92 Å². The molecular formula is C22H22F3N5O5. The largest absolute Gasteiger partial charge is 0.402 e. The van der Waals surface area contributed by atoms with Gasteiger partial charge in [0.2, 0.25) is 5.91 Å². The monoisotopic (exact) mass is 493 g/mol. The van der Waals surface area contributed by atoms with E-state index in [-0.39, 0.29) is 41.2 Å². The highest BCUT2D eigenvalue weighted by Crippen LogP contribution is 2.32. The summed E-state index contributed by atoms with van der Waals surface area (Å²) < 4.78 is 46.3. The summed E-state index contributed by atoms with van der Waals surface area (Å²) in [5.74, 6) is -6.10. The molecule has 2 N–H and O–H groups in total. The quantitative estimate of drug-likeness (QED) is 0.653. The Morgan fingerprint density at radius 1 is 1.17 bits per heavy atom. The number of hydrogen-bond acceptors (Lipinski definition) is 6. The Kier molecular flexibility index (Phi) is 6.26. The van der Waals surface area contributed by atoms with Crippen molar-refractivity contribution in [3.63, 3.8) is 0 Å². The lowest BCUT2D eigenvalue weighted by atomic mass is 9.98. The summed E-state index contributed by atoms with van der Waals surface area (Å²) in [6.45, 7) is 2.29. The molecule has 1 aromatic heterocycles. The van der Waals surface area contributed by atoms with Gasteiger partial charge in [0.05, 0.1) is 5.69 Å². The smallest absolute Gasteiger partial charge is 0.361 e. The lowest BCUT2D eigenvalue weighted by molar-refractivity contribution is -0.182. The number of benzene rings is 1. The van der Waals surface area contributed by atoms with Gasteiger partial charge in [0, 0.05) is 25.2 Å². The van der Waals surface area contributed by atoms with Gasteiger partial charge in [-0.3, -0.25) is 19.2 Å². The van der Waals surface area contributed by atoms with E-state index in [1.165, 1.54) is 37.1 Å². The molecule has 1 aromatic carbocycles. The fourth-order valence-electron chi connectivity index (χ4n) is 4.25. The van der Waals surface area contributed by atoms with Gasteiger partial charge in [-0.1, -0.05) is 23.4 Å². The van der Waals surface area contributed by atoms with Crippen LogP contribution >= 0.6 is 0 Å². The van der Waals surface area contributed by atoms with E-state index in [9.17, 15) is 32.3 Å². The number of carbonyl (C=O) groups excluding carboxylic acids is 4. The molecular weight excluding hydrogens is 471 g/mol. The van der Waals surface area contributed by atoms with Gasteiger partial charge in [-0.25, -0.2) is 10.0 Å². The van der Waals surface area contributed by atoms with Crippen LogP contribution in [0.2, 0.25) is 0 Å². The van der Waals surface area contributed by atoms with E-state index in [1.807, 2.05) is 0 Å². The number of aryl methyl sites for hydroxylation is 2. The van der Waals surface area contributed by atoms with Crippen LogP contribution in [0.4, 0.5) is 13.2 Å². The number of aromatic nitrogens is 1. The topological polar surface area (TPSA) is 125 Å². The second kappa shape index (κ2) is 9.04. The number of nitrogens with zero attached hydrogens (tertiary/aromatic N) is 3. The number of rotatable bonds is 5. The van der Waals surface area contributed by atoms with Gasteiger partial charge in [0.25, 0.3) is 17.7 Å². The zero-order chi connectivity index (χ0) is 25.5. The standard InChI is InChI=1S/C22H22F3N5O5/c1-11-16(12(2)35-28-11)19(32)26-10-15(22(23,24)25)18(31)27-17-13-6-3-4-7-14(13)20(33)29-8-5-9-30(29)21(17)34/h3-4,6-7,15,17H,5,8-10H2,1-2H3,(H,26,32)(H,27,31)/t15-,17+/m1/s1. The number of fused-ring (bicyclic) bond motifs is 2. The number of halogens is 3. The molecule has 0 saturated carbocycles. The third-order valence-electron chi connectivity index (χ3n) is 5.99. The molecule has 0 radical (unpaired) electrons. The maximum Gasteiger partial charge on any atom is 0.402 e. The van der Waals surface area contributed by atoms with Gasteiger partial charge in [-0.2, -0.15) is 13.2 Å². The van der Waals surface area contributed by atoms with Crippen molar-refractivity contribution >= 4 is 23.6 Å². The lowest BCUT2D eigenvalue weighted by Gasteiger charge is -2.28. The minimum atomic E-state index is -5.03. The van der Waals surface area contributed by atoms with E-state index in [2.05, 4.69) is 15.8 Å². The Hall–Kier alpha value is -3.90. The Morgan fingerprint density at radius 2 is 1.86 bits per heavy atom. The number of hydrazine groups is 1. The predicted octanol–water partition coefficient (Wildman–Crippen LogP) is 1.66. The van der Waals surface area contributed by atoms with Crippen LogP contribution in [0.15, 0.2) is 28.8 Å². The van der Waals surface area contributed by atoms with E-state index < -0.39 is 48.3 Å². The first-order valence-electron chi connectivity index (χ1n) is 10.8. The molecule has 35 heavy (non-hydrogen) atoms. The molecule has 0 unspecified atom stereocenters. The van der Waals surface area contributed by atoms with Gasteiger partial charge >= 0.3 is 6.18 Å². The van der Waals surface area contributed by atoms with Crippen molar-refractivity contribution in [1.29, 1.82) is 0 Å². The van der Waals surface area contributed by atoms with Crippen molar-refractivity contribution in [3.8, 4) is 0 Å². The summed E-state index contributed by atoms with van der Waals surface area (Å²) in [4.78, 5) is 51.4. The Balaban J connectivity index is 1.58. The molecule has 2 aliphatic heterocycles. The zero-order valence-corrected chi connectivity index (χ0v) is 18.8. The molecule has 0 bridgehead atoms. The van der Waals surface area contributed by atoms with Gasteiger partial charge < -0.3 is 15.2 Å². The number of carbonyl (C=O) groups is 4. The molecule has 4 rings (SSSR count). The highest BCUT2D eigenvalue weighted by atomic mass is 19.4. The van der Waals surface area contributed by atoms with Crippen LogP contribution in [0.25, 0.3) is 0 Å². The van der Waals surface area contributed by atoms with Crippen LogP contribution in [0, 0.1) is 19.8 Å². The molecule has 2 aromatic rings. The first-order chi connectivity index (χ1) is 16.5. The Labute approximate surface area is 197 Å². The maximum atomic E-state index is 13.8. The summed E-state index contributed by atoms with van der Waals surface area (Å²) in [6.07, 6.45) is -4.53. The lowest BCUT2D eigenvalue weighted by Crippen LogP contribution is -2.51. The van der Waals surface area contributed by atoms with Crippen molar-refractivity contribution in [1.82, 2.24) is 25.8 Å². The minimum Gasteiger partial charge on any atom is -0.361 e. The van der Waals surface area contributed by atoms with Crippen LogP contribution < -0.4 is 10.6 Å². The number of amides is 4. The molecule has 186 valence electrons. The first kappa shape index (κ1) is 24.2. The van der Waals surface area contributed by atoms with Crippen molar-refractivity contribution in [2.24, 2.45) is 5.92 Å². The summed E-state index contributed by atoms with van der Waals surface area (Å²) in [7, 11) is 0. The molecule has 2 aliphatic rings. The molecule has 0 aliphatic carbocycles. The predicted molar refractivity (Wildman–Crippen MR) is 113 cm³/mol. The van der Waals surface area contributed by atoms with E-state index in [1.54, 1.807) is 6.07 Å². The molecule has 0 spiro atoms. The van der Waals surface area contributed by atoms with Crippen molar-refractivity contribution in [2.45, 2.75) is 32.5 Å². The molecule has 4 amide bonds. The van der Waals surface area contributed by atoms with Gasteiger partial charge in [0.1, 0.15) is 17.4 Å². The maximum absolute atomic E-state index is 13.8. The average molecular weight is 493 g/mol. The second-order valence-corrected chi connectivity index (χ2v) is 8.28. The molecule has 10 nitrogen and oxygen atoms in total. The fraction of sp³-hybridized carbons (Fsp3) is 0.409. The van der Waals surface area contributed by atoms with Crippen LogP contribution in [0.3, 0.4) is 0 Å². The van der Waals surface area contributed by atoms with E-state index in [0.717, 1.165) is 5.01 Å². The van der Waals surface area contributed by atoms with Crippen molar-refractivity contribution < 1.29 is 36.9 Å². The average Bonchev–Trinajstić information content (AvgIpc) is 3.40. The summed E-state index contributed by atoms with van der Waals surface area (Å²) in [5, 5.41) is 10.2. The summed E-state index contributed by atoms with van der Waals surface area (Å²) in [5.41, 5.74) is 0.386. The van der Waals surface area contributed by atoms with Crippen LogP contribution in [-0.4, -0.2) is 64.6 Å². The number of nitrogens with one attached hydrogen (secondary N) is 2. The van der Waals surface area contributed by atoms with Gasteiger partial charge in [-0.05, 0) is 31.9 Å². The molecule has 13 heteroatoms. The van der Waals surface area contributed by atoms with Crippen molar-refractivity contribution in [2.75, 3.05) is 19.6 Å². The molecule has 1 fully saturated rings. The molecule has 3 heterocycles. The minimum absolute atomic E-state index is 0.0214. The highest BCUT2D eigenvalue weighted by Gasteiger charge is 2.48. The fourth-order valence-corrected chi connectivity index (χ4v) is 4.25.